The average molecular weight is 326 g/mol. The molecular weight excluding hydrogens is 306 g/mol. The minimum absolute atomic E-state index is 0.306. The average Bonchev–Trinajstić information content (AvgIpc) is 3.25. The Morgan fingerprint density at radius 2 is 2.10 bits per heavy atom. The third-order valence-electron chi connectivity index (χ3n) is 4.30. The van der Waals surface area contributed by atoms with Gasteiger partial charge in [0.05, 0.1) is 5.02 Å². The molecule has 2 unspecified atom stereocenters. The minimum atomic E-state index is -0.738. The molecule has 0 spiro atoms. The summed E-state index contributed by atoms with van der Waals surface area (Å²) >= 11 is 7.94. The largest absolute Gasteiger partial charge is 0.480 e. The smallest absolute Gasteiger partial charge is 0.323 e. The molecule has 0 saturated heterocycles. The van der Waals surface area contributed by atoms with Crippen LogP contribution in [0.15, 0.2) is 29.2 Å². The van der Waals surface area contributed by atoms with Crippen LogP contribution in [0.5, 0.6) is 0 Å². The molecule has 1 aromatic carbocycles. The predicted octanol–water partition coefficient (Wildman–Crippen LogP) is 3.95. The fourth-order valence-electron chi connectivity index (χ4n) is 3.05. The monoisotopic (exact) mass is 325 g/mol. The lowest BCUT2D eigenvalue weighted by atomic mass is 9.81. The first-order valence-electron chi connectivity index (χ1n) is 7.51. The van der Waals surface area contributed by atoms with Gasteiger partial charge in [-0.1, -0.05) is 23.7 Å². The molecule has 3 nitrogen and oxygen atoms in total. The third kappa shape index (κ3) is 3.55. The van der Waals surface area contributed by atoms with Crippen molar-refractivity contribution in [2.24, 2.45) is 0 Å². The number of thioether (sulfide) groups is 1. The lowest BCUT2D eigenvalue weighted by Gasteiger charge is -2.38. The summed E-state index contributed by atoms with van der Waals surface area (Å²) < 4.78 is 0. The van der Waals surface area contributed by atoms with E-state index in [2.05, 4.69) is 5.32 Å². The number of carboxylic acid groups (broad SMARTS) is 1. The number of rotatable bonds is 5. The zero-order valence-electron chi connectivity index (χ0n) is 11.8. The zero-order chi connectivity index (χ0) is 14.9. The lowest BCUT2D eigenvalue weighted by molar-refractivity contribution is -0.146. The van der Waals surface area contributed by atoms with E-state index in [0.717, 1.165) is 42.0 Å². The topological polar surface area (TPSA) is 49.3 Å². The summed E-state index contributed by atoms with van der Waals surface area (Å²) in [6.07, 6.45) is 5.63. The molecule has 0 radical (unpaired) electrons. The highest BCUT2D eigenvalue weighted by atomic mass is 35.5. The highest BCUT2D eigenvalue weighted by Crippen LogP contribution is 2.41. The SMILES string of the molecule is O=C(O)C1(NC2CC2)CCCC(Sc2ccccc2Cl)C1. The van der Waals surface area contributed by atoms with E-state index < -0.39 is 11.5 Å². The highest BCUT2D eigenvalue weighted by Gasteiger charge is 2.46. The first-order valence-corrected chi connectivity index (χ1v) is 8.77. The number of hydrogen-bond acceptors (Lipinski definition) is 3. The second kappa shape index (κ2) is 6.19. The van der Waals surface area contributed by atoms with Gasteiger partial charge in [-0.3, -0.25) is 10.1 Å². The molecule has 2 aliphatic rings. The predicted molar refractivity (Wildman–Crippen MR) is 86.1 cm³/mol. The molecule has 1 aromatic rings. The van der Waals surface area contributed by atoms with Gasteiger partial charge in [0.1, 0.15) is 5.54 Å². The van der Waals surface area contributed by atoms with Crippen LogP contribution in [0.25, 0.3) is 0 Å². The summed E-state index contributed by atoms with van der Waals surface area (Å²) in [5.41, 5.74) is -0.738. The van der Waals surface area contributed by atoms with Crippen LogP contribution in [-0.4, -0.2) is 27.9 Å². The van der Waals surface area contributed by atoms with Gasteiger partial charge < -0.3 is 5.11 Å². The number of carboxylic acids is 1. The summed E-state index contributed by atoms with van der Waals surface area (Å²) in [5.74, 6) is -0.696. The first kappa shape index (κ1) is 15.2. The van der Waals surface area contributed by atoms with Crippen LogP contribution in [0.1, 0.15) is 38.5 Å². The molecule has 2 saturated carbocycles. The van der Waals surface area contributed by atoms with Crippen molar-refractivity contribution in [1.82, 2.24) is 5.32 Å². The zero-order valence-corrected chi connectivity index (χ0v) is 13.4. The van der Waals surface area contributed by atoms with Crippen LogP contribution in [0, 0.1) is 0 Å². The third-order valence-corrected chi connectivity index (χ3v) is 6.09. The van der Waals surface area contributed by atoms with Crippen molar-refractivity contribution in [3.63, 3.8) is 0 Å². The summed E-state index contributed by atoms with van der Waals surface area (Å²) in [5, 5.41) is 14.2. The fourth-order valence-corrected chi connectivity index (χ4v) is 4.67. The van der Waals surface area contributed by atoms with E-state index in [1.165, 1.54) is 0 Å². The Hall–Kier alpha value is -0.710. The van der Waals surface area contributed by atoms with Crippen LogP contribution in [0.2, 0.25) is 5.02 Å². The van der Waals surface area contributed by atoms with Crippen LogP contribution < -0.4 is 5.32 Å². The first-order chi connectivity index (χ1) is 10.1. The van der Waals surface area contributed by atoms with Crippen LogP contribution in [0.3, 0.4) is 0 Å². The second-order valence-corrected chi connectivity index (χ2v) is 7.82. The Labute approximate surface area is 134 Å². The van der Waals surface area contributed by atoms with E-state index >= 15 is 0 Å². The standard InChI is InChI=1S/C16H20ClNO2S/c17-13-5-1-2-6-14(13)21-12-4-3-9-16(10-12,15(19)20)18-11-7-8-11/h1-2,5-6,11-12,18H,3-4,7-10H2,(H,19,20). The maximum Gasteiger partial charge on any atom is 0.323 e. The number of halogens is 1. The van der Waals surface area contributed by atoms with Gasteiger partial charge in [0.25, 0.3) is 0 Å². The van der Waals surface area contributed by atoms with Crippen LogP contribution >= 0.6 is 23.4 Å². The number of carbonyl (C=O) groups is 1. The molecule has 2 aliphatic carbocycles. The molecule has 2 fully saturated rings. The summed E-state index contributed by atoms with van der Waals surface area (Å²) in [6, 6.07) is 8.20. The fraction of sp³-hybridized carbons (Fsp3) is 0.562. The summed E-state index contributed by atoms with van der Waals surface area (Å²) in [4.78, 5) is 12.9. The molecule has 114 valence electrons. The number of benzene rings is 1. The Morgan fingerprint density at radius 1 is 1.33 bits per heavy atom. The molecule has 0 aliphatic heterocycles. The number of aliphatic carboxylic acids is 1. The van der Waals surface area contributed by atoms with Crippen LogP contribution in [0.4, 0.5) is 0 Å². The Bertz CT molecular complexity index is 535. The van der Waals surface area contributed by atoms with E-state index in [-0.39, 0.29) is 0 Å². The molecule has 5 heteroatoms. The molecule has 3 rings (SSSR count). The van der Waals surface area contributed by atoms with Crippen molar-refractivity contribution in [3.05, 3.63) is 29.3 Å². The van der Waals surface area contributed by atoms with Gasteiger partial charge in [0, 0.05) is 16.2 Å². The molecule has 0 amide bonds. The Kier molecular flexibility index (Phi) is 4.48. The van der Waals surface area contributed by atoms with Gasteiger partial charge in [-0.2, -0.15) is 0 Å². The van der Waals surface area contributed by atoms with Crippen LogP contribution in [-0.2, 0) is 4.79 Å². The van der Waals surface area contributed by atoms with Crippen molar-refractivity contribution in [3.8, 4) is 0 Å². The van der Waals surface area contributed by atoms with E-state index in [0.29, 0.717) is 17.7 Å². The van der Waals surface area contributed by atoms with Gasteiger partial charge in [-0.05, 0) is 50.7 Å². The van der Waals surface area contributed by atoms with Gasteiger partial charge in [0.15, 0.2) is 0 Å². The Balaban J connectivity index is 1.72. The summed E-state index contributed by atoms with van der Waals surface area (Å²) in [6.45, 7) is 0. The normalized spacial score (nSPS) is 29.3. The highest BCUT2D eigenvalue weighted by molar-refractivity contribution is 8.00. The molecule has 0 heterocycles. The Morgan fingerprint density at radius 3 is 2.76 bits per heavy atom. The van der Waals surface area contributed by atoms with E-state index in [4.69, 9.17) is 11.6 Å². The van der Waals surface area contributed by atoms with Gasteiger partial charge in [-0.25, -0.2) is 0 Å². The molecular formula is C16H20ClNO2S. The molecule has 21 heavy (non-hydrogen) atoms. The van der Waals surface area contributed by atoms with Gasteiger partial charge in [-0.15, -0.1) is 11.8 Å². The maximum absolute atomic E-state index is 11.8. The van der Waals surface area contributed by atoms with Crippen molar-refractivity contribution in [1.29, 1.82) is 0 Å². The summed E-state index contributed by atoms with van der Waals surface area (Å²) in [7, 11) is 0. The lowest BCUT2D eigenvalue weighted by Crippen LogP contribution is -2.56. The van der Waals surface area contributed by atoms with E-state index in [1.807, 2.05) is 24.3 Å². The van der Waals surface area contributed by atoms with Crippen molar-refractivity contribution >= 4 is 29.3 Å². The van der Waals surface area contributed by atoms with E-state index in [1.54, 1.807) is 11.8 Å². The second-order valence-electron chi connectivity index (χ2n) is 6.07. The van der Waals surface area contributed by atoms with Crippen molar-refractivity contribution < 1.29 is 9.90 Å². The van der Waals surface area contributed by atoms with Gasteiger partial charge >= 0.3 is 5.97 Å². The maximum atomic E-state index is 11.8. The molecule has 0 bridgehead atoms. The van der Waals surface area contributed by atoms with Gasteiger partial charge in [0.2, 0.25) is 0 Å². The van der Waals surface area contributed by atoms with Crippen molar-refractivity contribution in [2.75, 3.05) is 0 Å². The molecule has 2 N–H and O–H groups in total. The quantitative estimate of drug-likeness (QED) is 0.860. The minimum Gasteiger partial charge on any atom is -0.480 e. The van der Waals surface area contributed by atoms with Crippen molar-refractivity contribution in [2.45, 2.75) is 60.3 Å². The van der Waals surface area contributed by atoms with E-state index in [9.17, 15) is 9.90 Å². The number of nitrogens with one attached hydrogen (secondary N) is 1. The number of hydrogen-bond donors (Lipinski definition) is 2. The molecule has 2 atom stereocenters. The molecule has 0 aromatic heterocycles.